The summed E-state index contributed by atoms with van der Waals surface area (Å²) >= 11 is 3.38. The minimum Gasteiger partial charge on any atom is -0.326 e. The summed E-state index contributed by atoms with van der Waals surface area (Å²) in [6, 6.07) is 8.79. The number of carbonyl (C=O) groups excluding carboxylic acids is 1. The number of pyridine rings is 1. The van der Waals surface area contributed by atoms with E-state index in [0.717, 1.165) is 15.7 Å². The number of nitrogens with one attached hydrogen (secondary N) is 2. The first-order valence-electron chi connectivity index (χ1n) is 5.75. The van der Waals surface area contributed by atoms with E-state index in [1.165, 1.54) is 6.07 Å². The fourth-order valence-electron chi connectivity index (χ4n) is 1.66. The Kier molecular flexibility index (Phi) is 3.85. The van der Waals surface area contributed by atoms with E-state index >= 15 is 0 Å². The molecule has 0 unspecified atom stereocenters. The van der Waals surface area contributed by atoms with Gasteiger partial charge in [0.2, 0.25) is 0 Å². The molecule has 1 aromatic carbocycles. The Morgan fingerprint density at radius 3 is 2.58 bits per heavy atom. The minimum atomic E-state index is -0.425. The standard InChI is InChI=1S/C14H13BrN2O2/c1-8-3-6-12(11(15)7-8)17-14(19)10-5-4-9(2)16-13(10)18/h3-7H,1-2H3,(H,16,18)(H,17,19). The van der Waals surface area contributed by atoms with Gasteiger partial charge in [-0.3, -0.25) is 9.59 Å². The van der Waals surface area contributed by atoms with Gasteiger partial charge in [0.15, 0.2) is 0 Å². The van der Waals surface area contributed by atoms with Gasteiger partial charge in [-0.15, -0.1) is 0 Å². The first-order chi connectivity index (χ1) is 8.97. The normalized spacial score (nSPS) is 10.3. The summed E-state index contributed by atoms with van der Waals surface area (Å²) in [5.74, 6) is -0.425. The lowest BCUT2D eigenvalue weighted by atomic mass is 10.2. The lowest BCUT2D eigenvalue weighted by Gasteiger charge is -2.07. The lowest BCUT2D eigenvalue weighted by molar-refractivity contribution is 0.102. The van der Waals surface area contributed by atoms with E-state index < -0.39 is 5.91 Å². The highest BCUT2D eigenvalue weighted by Gasteiger charge is 2.12. The summed E-state index contributed by atoms with van der Waals surface area (Å²) < 4.78 is 0.782. The van der Waals surface area contributed by atoms with E-state index in [1.807, 2.05) is 19.1 Å². The first-order valence-corrected chi connectivity index (χ1v) is 6.54. The van der Waals surface area contributed by atoms with Crippen molar-refractivity contribution >= 4 is 27.5 Å². The van der Waals surface area contributed by atoms with Crippen LogP contribution < -0.4 is 10.9 Å². The molecule has 0 bridgehead atoms. The van der Waals surface area contributed by atoms with Crippen LogP contribution in [-0.2, 0) is 0 Å². The number of rotatable bonds is 2. The molecular weight excluding hydrogens is 308 g/mol. The number of aromatic nitrogens is 1. The molecule has 0 atom stereocenters. The maximum atomic E-state index is 12.0. The van der Waals surface area contributed by atoms with Gasteiger partial charge in [-0.25, -0.2) is 0 Å². The van der Waals surface area contributed by atoms with Crippen molar-refractivity contribution < 1.29 is 4.79 Å². The lowest BCUT2D eigenvalue weighted by Crippen LogP contribution is -2.23. The van der Waals surface area contributed by atoms with Crippen LogP contribution in [0.2, 0.25) is 0 Å². The van der Waals surface area contributed by atoms with Crippen molar-refractivity contribution in [2.45, 2.75) is 13.8 Å². The Morgan fingerprint density at radius 1 is 1.21 bits per heavy atom. The van der Waals surface area contributed by atoms with Gasteiger partial charge < -0.3 is 10.3 Å². The molecule has 19 heavy (non-hydrogen) atoms. The highest BCUT2D eigenvalue weighted by molar-refractivity contribution is 9.10. The quantitative estimate of drug-likeness (QED) is 0.893. The second-order valence-corrected chi connectivity index (χ2v) is 5.18. The Hall–Kier alpha value is -1.88. The van der Waals surface area contributed by atoms with Crippen LogP contribution in [0.25, 0.3) is 0 Å². The van der Waals surface area contributed by atoms with E-state index in [-0.39, 0.29) is 11.1 Å². The van der Waals surface area contributed by atoms with E-state index in [4.69, 9.17) is 0 Å². The van der Waals surface area contributed by atoms with Crippen LogP contribution in [-0.4, -0.2) is 10.9 Å². The molecule has 1 aromatic heterocycles. The highest BCUT2D eigenvalue weighted by atomic mass is 79.9. The summed E-state index contributed by atoms with van der Waals surface area (Å²) in [6.07, 6.45) is 0. The SMILES string of the molecule is Cc1ccc(NC(=O)c2ccc(C)[nH]c2=O)c(Br)c1. The topological polar surface area (TPSA) is 62.0 Å². The summed E-state index contributed by atoms with van der Waals surface area (Å²) in [6.45, 7) is 3.72. The molecular formula is C14H13BrN2O2. The van der Waals surface area contributed by atoms with E-state index in [2.05, 4.69) is 26.2 Å². The number of aryl methyl sites for hydroxylation is 2. The molecule has 1 amide bonds. The number of halogens is 1. The number of amides is 1. The predicted octanol–water partition coefficient (Wildman–Crippen LogP) is 3.01. The van der Waals surface area contributed by atoms with Crippen LogP contribution in [0.4, 0.5) is 5.69 Å². The van der Waals surface area contributed by atoms with Crippen LogP contribution in [0.1, 0.15) is 21.6 Å². The number of anilines is 1. The van der Waals surface area contributed by atoms with Gasteiger partial charge in [0.05, 0.1) is 5.69 Å². The zero-order valence-electron chi connectivity index (χ0n) is 10.6. The Labute approximate surface area is 119 Å². The molecule has 0 saturated heterocycles. The van der Waals surface area contributed by atoms with Gasteiger partial charge in [0.25, 0.3) is 11.5 Å². The molecule has 0 saturated carbocycles. The molecule has 0 aliphatic rings. The monoisotopic (exact) mass is 320 g/mol. The van der Waals surface area contributed by atoms with E-state index in [0.29, 0.717) is 5.69 Å². The van der Waals surface area contributed by atoms with Crippen molar-refractivity contribution in [1.29, 1.82) is 0 Å². The molecule has 2 N–H and O–H groups in total. The Balaban J connectivity index is 2.28. The highest BCUT2D eigenvalue weighted by Crippen LogP contribution is 2.23. The van der Waals surface area contributed by atoms with Crippen LogP contribution in [0, 0.1) is 13.8 Å². The summed E-state index contributed by atoms with van der Waals surface area (Å²) in [7, 11) is 0. The van der Waals surface area contributed by atoms with Gasteiger partial charge in [0, 0.05) is 10.2 Å². The molecule has 2 rings (SSSR count). The molecule has 0 spiro atoms. The fraction of sp³-hybridized carbons (Fsp3) is 0.143. The van der Waals surface area contributed by atoms with E-state index in [1.54, 1.807) is 19.1 Å². The first kappa shape index (κ1) is 13.5. The van der Waals surface area contributed by atoms with Crippen molar-refractivity contribution in [1.82, 2.24) is 4.98 Å². The molecule has 0 aliphatic heterocycles. The van der Waals surface area contributed by atoms with Gasteiger partial charge in [-0.05, 0) is 59.6 Å². The number of carbonyl (C=O) groups is 1. The van der Waals surface area contributed by atoms with Gasteiger partial charge in [-0.2, -0.15) is 0 Å². The summed E-state index contributed by atoms with van der Waals surface area (Å²) in [5, 5.41) is 2.71. The molecule has 0 radical (unpaired) electrons. The van der Waals surface area contributed by atoms with Crippen molar-refractivity contribution in [2.24, 2.45) is 0 Å². The van der Waals surface area contributed by atoms with Crippen molar-refractivity contribution in [2.75, 3.05) is 5.32 Å². The van der Waals surface area contributed by atoms with Gasteiger partial charge >= 0.3 is 0 Å². The predicted molar refractivity (Wildman–Crippen MR) is 78.6 cm³/mol. The van der Waals surface area contributed by atoms with Gasteiger partial charge in [0.1, 0.15) is 5.56 Å². The van der Waals surface area contributed by atoms with Crippen molar-refractivity contribution in [3.8, 4) is 0 Å². The fourth-order valence-corrected chi connectivity index (χ4v) is 2.25. The van der Waals surface area contributed by atoms with E-state index in [9.17, 15) is 9.59 Å². The van der Waals surface area contributed by atoms with Crippen LogP contribution >= 0.6 is 15.9 Å². The zero-order chi connectivity index (χ0) is 14.0. The third-order valence-electron chi connectivity index (χ3n) is 2.67. The van der Waals surface area contributed by atoms with Crippen LogP contribution in [0.5, 0.6) is 0 Å². The second-order valence-electron chi connectivity index (χ2n) is 4.32. The third-order valence-corrected chi connectivity index (χ3v) is 3.33. The average Bonchev–Trinajstić information content (AvgIpc) is 2.32. The van der Waals surface area contributed by atoms with Crippen LogP contribution in [0.15, 0.2) is 39.6 Å². The molecule has 4 nitrogen and oxygen atoms in total. The number of benzene rings is 1. The maximum Gasteiger partial charge on any atom is 0.261 e. The van der Waals surface area contributed by atoms with Gasteiger partial charge in [-0.1, -0.05) is 6.07 Å². The maximum absolute atomic E-state index is 12.0. The molecule has 0 aliphatic carbocycles. The van der Waals surface area contributed by atoms with Crippen molar-refractivity contribution in [3.05, 3.63) is 62.0 Å². The third kappa shape index (κ3) is 3.12. The smallest absolute Gasteiger partial charge is 0.261 e. The summed E-state index contributed by atoms with van der Waals surface area (Å²) in [4.78, 5) is 26.3. The zero-order valence-corrected chi connectivity index (χ0v) is 12.2. The Bertz CT molecular complexity index is 692. The number of aromatic amines is 1. The molecule has 5 heteroatoms. The average molecular weight is 321 g/mol. The molecule has 1 heterocycles. The van der Waals surface area contributed by atoms with Crippen molar-refractivity contribution in [3.63, 3.8) is 0 Å². The number of H-pyrrole nitrogens is 1. The largest absolute Gasteiger partial charge is 0.326 e. The number of hydrogen-bond acceptors (Lipinski definition) is 2. The summed E-state index contributed by atoms with van der Waals surface area (Å²) in [5.41, 5.74) is 2.14. The molecule has 0 fully saturated rings. The molecule has 2 aromatic rings. The minimum absolute atomic E-state index is 0.0954. The van der Waals surface area contributed by atoms with Crippen LogP contribution in [0.3, 0.4) is 0 Å². The number of hydrogen-bond donors (Lipinski definition) is 2. The second kappa shape index (κ2) is 5.40. The molecule has 98 valence electrons. The Morgan fingerprint density at radius 2 is 1.95 bits per heavy atom.